The third-order valence-electron chi connectivity index (χ3n) is 3.71. The van der Waals surface area contributed by atoms with E-state index < -0.39 is 0 Å². The largest absolute Gasteiger partial charge is 0.355 e. The number of carbonyl (C=O) groups is 1. The third-order valence-corrected chi connectivity index (χ3v) is 4.94. The molecular weight excluding hydrogens is 389 g/mol. The van der Waals surface area contributed by atoms with E-state index in [1.54, 1.807) is 0 Å². The standard InChI is InChI=1S/C15H21BrClN3O.ClH/c16-13-4-3-11(8-14(13)17)9-20-7-1-2-12(10-20)15(21)19-6-5-18;/h3-4,8,12H,1-2,5-7,9-10,18H2,(H,19,21);1H. The number of likely N-dealkylation sites (tertiary alicyclic amines) is 1. The minimum atomic E-state index is 0. The Labute approximate surface area is 151 Å². The van der Waals surface area contributed by atoms with Crippen molar-refractivity contribution in [1.29, 1.82) is 0 Å². The molecule has 22 heavy (non-hydrogen) atoms. The van der Waals surface area contributed by atoms with E-state index in [4.69, 9.17) is 17.3 Å². The molecule has 1 aromatic rings. The lowest BCUT2D eigenvalue weighted by Crippen LogP contribution is -2.43. The fourth-order valence-corrected chi connectivity index (χ4v) is 3.10. The van der Waals surface area contributed by atoms with Crippen LogP contribution in [0, 0.1) is 5.92 Å². The Hall–Kier alpha value is -0.330. The van der Waals surface area contributed by atoms with Crippen molar-refractivity contribution >= 4 is 45.8 Å². The van der Waals surface area contributed by atoms with Gasteiger partial charge in [-0.25, -0.2) is 0 Å². The van der Waals surface area contributed by atoms with Gasteiger partial charge >= 0.3 is 0 Å². The summed E-state index contributed by atoms with van der Waals surface area (Å²) in [7, 11) is 0. The maximum Gasteiger partial charge on any atom is 0.224 e. The zero-order valence-corrected chi connectivity index (χ0v) is 15.5. The first-order chi connectivity index (χ1) is 10.1. The van der Waals surface area contributed by atoms with Crippen LogP contribution in [0.4, 0.5) is 0 Å². The van der Waals surface area contributed by atoms with Crippen LogP contribution in [-0.2, 0) is 11.3 Å². The molecule has 1 aliphatic rings. The molecule has 2 rings (SSSR count). The monoisotopic (exact) mass is 409 g/mol. The number of carbonyl (C=O) groups excluding carboxylic acids is 1. The number of nitrogens with two attached hydrogens (primary N) is 1. The van der Waals surface area contributed by atoms with Crippen LogP contribution in [-0.4, -0.2) is 37.0 Å². The topological polar surface area (TPSA) is 58.4 Å². The molecule has 1 aliphatic heterocycles. The van der Waals surface area contributed by atoms with Gasteiger partial charge in [-0.2, -0.15) is 0 Å². The van der Waals surface area contributed by atoms with E-state index in [2.05, 4.69) is 32.2 Å². The number of halogens is 3. The number of hydrogen-bond acceptors (Lipinski definition) is 3. The third kappa shape index (κ3) is 5.70. The van der Waals surface area contributed by atoms with Crippen LogP contribution in [0.2, 0.25) is 5.02 Å². The molecule has 0 radical (unpaired) electrons. The Bertz CT molecular complexity index is 502. The van der Waals surface area contributed by atoms with Crippen LogP contribution in [0.15, 0.2) is 22.7 Å². The molecule has 3 N–H and O–H groups in total. The van der Waals surface area contributed by atoms with Crippen LogP contribution >= 0.6 is 39.9 Å². The van der Waals surface area contributed by atoms with E-state index in [1.807, 2.05) is 12.1 Å². The summed E-state index contributed by atoms with van der Waals surface area (Å²) in [5.74, 6) is 0.190. The van der Waals surface area contributed by atoms with Crippen LogP contribution in [0.1, 0.15) is 18.4 Å². The number of nitrogens with one attached hydrogen (secondary N) is 1. The second-order valence-corrected chi connectivity index (χ2v) is 6.66. The van der Waals surface area contributed by atoms with Gasteiger partial charge in [0.1, 0.15) is 0 Å². The Morgan fingerprint density at radius 3 is 2.95 bits per heavy atom. The summed E-state index contributed by atoms with van der Waals surface area (Å²) in [6.45, 7) is 3.68. The fourth-order valence-electron chi connectivity index (χ4n) is 2.65. The van der Waals surface area contributed by atoms with Crippen LogP contribution < -0.4 is 11.1 Å². The van der Waals surface area contributed by atoms with E-state index in [-0.39, 0.29) is 24.2 Å². The quantitative estimate of drug-likeness (QED) is 0.784. The average molecular weight is 411 g/mol. The molecule has 1 saturated heterocycles. The molecule has 7 heteroatoms. The molecule has 0 aliphatic carbocycles. The lowest BCUT2D eigenvalue weighted by molar-refractivity contribution is -0.126. The van der Waals surface area contributed by atoms with E-state index in [1.165, 1.54) is 5.56 Å². The highest BCUT2D eigenvalue weighted by molar-refractivity contribution is 9.10. The first kappa shape index (κ1) is 19.7. The summed E-state index contributed by atoms with van der Waals surface area (Å²) in [6, 6.07) is 6.00. The lowest BCUT2D eigenvalue weighted by Gasteiger charge is -2.32. The van der Waals surface area contributed by atoms with Crippen molar-refractivity contribution in [2.24, 2.45) is 11.7 Å². The van der Waals surface area contributed by atoms with Crippen LogP contribution in [0.3, 0.4) is 0 Å². The van der Waals surface area contributed by atoms with E-state index >= 15 is 0 Å². The predicted molar refractivity (Wildman–Crippen MR) is 96.5 cm³/mol. The highest BCUT2D eigenvalue weighted by Gasteiger charge is 2.25. The van der Waals surface area contributed by atoms with Gasteiger partial charge < -0.3 is 11.1 Å². The van der Waals surface area contributed by atoms with Crippen LogP contribution in [0.25, 0.3) is 0 Å². The molecule has 0 aromatic heterocycles. The smallest absolute Gasteiger partial charge is 0.224 e. The highest BCUT2D eigenvalue weighted by Crippen LogP contribution is 2.25. The first-order valence-corrected chi connectivity index (χ1v) is 8.41. The molecule has 1 amide bonds. The minimum Gasteiger partial charge on any atom is -0.355 e. The van der Waals surface area contributed by atoms with Crippen molar-refractivity contribution in [3.8, 4) is 0 Å². The van der Waals surface area contributed by atoms with E-state index in [9.17, 15) is 4.79 Å². The summed E-state index contributed by atoms with van der Waals surface area (Å²) < 4.78 is 0.908. The molecule has 4 nitrogen and oxygen atoms in total. The summed E-state index contributed by atoms with van der Waals surface area (Å²) in [4.78, 5) is 14.3. The maximum absolute atomic E-state index is 12.0. The van der Waals surface area contributed by atoms with Gasteiger partial charge in [0.15, 0.2) is 0 Å². The molecule has 1 heterocycles. The number of hydrogen-bond donors (Lipinski definition) is 2. The van der Waals surface area contributed by atoms with Gasteiger partial charge in [-0.05, 0) is 53.0 Å². The molecule has 1 unspecified atom stereocenters. The zero-order chi connectivity index (χ0) is 15.2. The number of rotatable bonds is 5. The van der Waals surface area contributed by atoms with E-state index in [0.29, 0.717) is 13.1 Å². The summed E-state index contributed by atoms with van der Waals surface area (Å²) in [5, 5.41) is 3.61. The molecule has 1 fully saturated rings. The van der Waals surface area contributed by atoms with E-state index in [0.717, 1.165) is 42.0 Å². The van der Waals surface area contributed by atoms with Crippen LogP contribution in [0.5, 0.6) is 0 Å². The number of nitrogens with zero attached hydrogens (tertiary/aromatic N) is 1. The lowest BCUT2D eigenvalue weighted by atomic mass is 9.96. The van der Waals surface area contributed by atoms with Crippen molar-refractivity contribution in [3.63, 3.8) is 0 Å². The van der Waals surface area contributed by atoms with Gasteiger partial charge in [0.2, 0.25) is 5.91 Å². The van der Waals surface area contributed by atoms with Gasteiger partial charge in [0.25, 0.3) is 0 Å². The SMILES string of the molecule is Cl.NCCNC(=O)C1CCCN(Cc2ccc(Br)c(Cl)c2)C1. The van der Waals surface area contributed by atoms with Crippen molar-refractivity contribution in [1.82, 2.24) is 10.2 Å². The summed E-state index contributed by atoms with van der Waals surface area (Å²) in [6.07, 6.45) is 2.00. The van der Waals surface area contributed by atoms with Gasteiger partial charge in [-0.15, -0.1) is 12.4 Å². The fraction of sp³-hybridized carbons (Fsp3) is 0.533. The molecule has 0 bridgehead atoms. The molecule has 0 saturated carbocycles. The highest BCUT2D eigenvalue weighted by atomic mass is 79.9. The molecule has 0 spiro atoms. The summed E-state index contributed by atoms with van der Waals surface area (Å²) in [5.41, 5.74) is 6.59. The molecule has 1 aromatic carbocycles. The predicted octanol–water partition coefficient (Wildman–Crippen LogP) is 2.81. The first-order valence-electron chi connectivity index (χ1n) is 7.24. The second kappa shape index (κ2) is 9.73. The van der Waals surface area contributed by atoms with Gasteiger partial charge in [-0.3, -0.25) is 9.69 Å². The maximum atomic E-state index is 12.0. The zero-order valence-electron chi connectivity index (χ0n) is 12.4. The molecular formula is C15H22BrCl2N3O. The van der Waals surface area contributed by atoms with Gasteiger partial charge in [0, 0.05) is 30.7 Å². The normalized spacial score (nSPS) is 18.6. The average Bonchev–Trinajstić information content (AvgIpc) is 2.49. The van der Waals surface area contributed by atoms with Crippen molar-refractivity contribution in [2.75, 3.05) is 26.2 Å². The van der Waals surface area contributed by atoms with Crippen molar-refractivity contribution < 1.29 is 4.79 Å². The number of benzene rings is 1. The Morgan fingerprint density at radius 1 is 1.50 bits per heavy atom. The number of amides is 1. The number of piperidine rings is 1. The molecule has 124 valence electrons. The van der Waals surface area contributed by atoms with Gasteiger partial charge in [-0.1, -0.05) is 17.7 Å². The summed E-state index contributed by atoms with van der Waals surface area (Å²) >= 11 is 9.53. The Balaban J connectivity index is 0.00000242. The Morgan fingerprint density at radius 2 is 2.27 bits per heavy atom. The second-order valence-electron chi connectivity index (χ2n) is 5.40. The van der Waals surface area contributed by atoms with Gasteiger partial charge in [0.05, 0.1) is 10.9 Å². The van der Waals surface area contributed by atoms with Crippen molar-refractivity contribution in [3.05, 3.63) is 33.3 Å². The Kier molecular flexibility index (Phi) is 8.72. The van der Waals surface area contributed by atoms with Crippen molar-refractivity contribution in [2.45, 2.75) is 19.4 Å². The molecule has 1 atom stereocenters. The minimum absolute atomic E-state index is 0.